The molecule has 0 radical (unpaired) electrons. The first-order chi connectivity index (χ1) is 9.72. The number of fused-ring (bicyclic) bond motifs is 1. The van der Waals surface area contributed by atoms with E-state index in [1.807, 2.05) is 30.3 Å². The summed E-state index contributed by atoms with van der Waals surface area (Å²) in [4.78, 5) is 4.56. The topological polar surface area (TPSA) is 67.6 Å². The molecule has 3 rings (SSSR count). The second-order valence-electron chi connectivity index (χ2n) is 4.38. The summed E-state index contributed by atoms with van der Waals surface area (Å²) in [6.07, 6.45) is 1.01. The lowest BCUT2D eigenvalue weighted by Gasteiger charge is -2.09. The van der Waals surface area contributed by atoms with Gasteiger partial charge in [0.2, 0.25) is 0 Å². The Kier molecular flexibility index (Phi) is 3.60. The number of halogens is 1. The van der Waals surface area contributed by atoms with Gasteiger partial charge in [0.05, 0.1) is 16.6 Å². The van der Waals surface area contributed by atoms with E-state index in [0.717, 1.165) is 33.6 Å². The number of nitrogens with two attached hydrogens (primary N) is 1. The molecule has 0 aliphatic rings. The van der Waals surface area contributed by atoms with Crippen molar-refractivity contribution in [2.24, 2.45) is 0 Å². The van der Waals surface area contributed by atoms with Crippen LogP contribution in [-0.2, 0) is 0 Å². The van der Waals surface area contributed by atoms with Crippen LogP contribution in [0.5, 0.6) is 0 Å². The Morgan fingerprint density at radius 3 is 2.75 bits per heavy atom. The fraction of sp³-hybridized carbons (Fsp3) is 0.143. The predicted molar refractivity (Wildman–Crippen MR) is 87.2 cm³/mol. The van der Waals surface area contributed by atoms with Crippen molar-refractivity contribution >= 4 is 42.2 Å². The first kappa shape index (κ1) is 13.3. The summed E-state index contributed by atoms with van der Waals surface area (Å²) < 4.78 is 0. The minimum absolute atomic E-state index is 0.463. The Balaban J connectivity index is 2.34. The van der Waals surface area contributed by atoms with Crippen LogP contribution in [-0.4, -0.2) is 21.3 Å². The Morgan fingerprint density at radius 2 is 2.05 bits per heavy atom. The summed E-state index contributed by atoms with van der Waals surface area (Å²) in [5.74, 6) is 0.463. The number of nitrogens with one attached hydrogen (secondary N) is 1. The van der Waals surface area contributed by atoms with E-state index >= 15 is 0 Å². The molecule has 4 nitrogen and oxygen atoms in total. The van der Waals surface area contributed by atoms with Crippen LogP contribution >= 0.6 is 20.2 Å². The van der Waals surface area contributed by atoms with Crippen LogP contribution in [0.15, 0.2) is 30.3 Å². The fourth-order valence-corrected chi connectivity index (χ4v) is 3.53. The van der Waals surface area contributed by atoms with Gasteiger partial charge in [0, 0.05) is 10.9 Å². The molecule has 0 saturated heterocycles. The van der Waals surface area contributed by atoms with Crippen molar-refractivity contribution in [3.05, 3.63) is 35.5 Å². The molecule has 0 fully saturated rings. The van der Waals surface area contributed by atoms with Crippen LogP contribution in [0.4, 0.5) is 5.82 Å². The lowest BCUT2D eigenvalue weighted by Crippen LogP contribution is -2.04. The number of hydrogen-bond acceptors (Lipinski definition) is 3. The van der Waals surface area contributed by atoms with Gasteiger partial charge in [-0.2, -0.15) is 5.10 Å². The van der Waals surface area contributed by atoms with E-state index in [1.54, 1.807) is 0 Å². The third kappa shape index (κ3) is 2.15. The molecule has 6 heteroatoms. The number of benzene rings is 1. The molecule has 0 spiro atoms. The van der Waals surface area contributed by atoms with Crippen LogP contribution < -0.4 is 11.0 Å². The SMILES string of the molecule is CCPc1c(Cl)nc(-c2ccccc2)c2c(N)n[nH]c12. The van der Waals surface area contributed by atoms with Crippen molar-refractivity contribution in [1.82, 2.24) is 15.2 Å². The third-order valence-electron chi connectivity index (χ3n) is 3.10. The molecule has 0 aliphatic carbocycles. The molecule has 2 aromatic heterocycles. The molecule has 102 valence electrons. The molecule has 2 heterocycles. The second kappa shape index (κ2) is 5.39. The Labute approximate surface area is 123 Å². The molecular formula is C14H14ClN4P. The summed E-state index contributed by atoms with van der Waals surface area (Å²) in [5, 5.41) is 9.52. The van der Waals surface area contributed by atoms with E-state index in [2.05, 4.69) is 22.1 Å². The zero-order chi connectivity index (χ0) is 14.1. The molecule has 1 aromatic carbocycles. The van der Waals surface area contributed by atoms with Crippen LogP contribution in [0.25, 0.3) is 22.2 Å². The molecule has 1 atom stereocenters. The number of anilines is 1. The van der Waals surface area contributed by atoms with Crippen LogP contribution in [0.3, 0.4) is 0 Å². The largest absolute Gasteiger partial charge is 0.382 e. The molecule has 3 N–H and O–H groups in total. The number of hydrogen-bond donors (Lipinski definition) is 2. The normalized spacial score (nSPS) is 11.7. The number of nitrogens with zero attached hydrogens (tertiary/aromatic N) is 2. The summed E-state index contributed by atoms with van der Waals surface area (Å²) in [6, 6.07) is 9.88. The average Bonchev–Trinajstić information content (AvgIpc) is 2.85. The van der Waals surface area contributed by atoms with Crippen molar-refractivity contribution in [1.29, 1.82) is 0 Å². The van der Waals surface area contributed by atoms with Gasteiger partial charge in [0.15, 0.2) is 5.82 Å². The number of rotatable bonds is 3. The van der Waals surface area contributed by atoms with Crippen molar-refractivity contribution in [2.75, 3.05) is 11.9 Å². The van der Waals surface area contributed by atoms with Gasteiger partial charge in [-0.1, -0.05) is 57.4 Å². The summed E-state index contributed by atoms with van der Waals surface area (Å²) >= 11 is 6.35. The fourth-order valence-electron chi connectivity index (χ4n) is 2.23. The highest BCUT2D eigenvalue weighted by atomic mass is 35.5. The molecule has 3 aromatic rings. The average molecular weight is 305 g/mol. The Hall–Kier alpha value is -1.64. The van der Waals surface area contributed by atoms with E-state index in [9.17, 15) is 0 Å². The molecule has 1 unspecified atom stereocenters. The molecule has 0 saturated carbocycles. The Bertz CT molecular complexity index is 755. The molecular weight excluding hydrogens is 291 g/mol. The summed E-state index contributed by atoms with van der Waals surface area (Å²) in [7, 11) is 0.586. The minimum atomic E-state index is 0.463. The van der Waals surface area contributed by atoms with E-state index in [-0.39, 0.29) is 0 Å². The number of H-pyrrole nitrogens is 1. The summed E-state index contributed by atoms with van der Waals surface area (Å²) in [5.41, 5.74) is 8.68. The number of nitrogen functional groups attached to an aromatic ring is 1. The number of aromatic amines is 1. The van der Waals surface area contributed by atoms with Crippen molar-refractivity contribution < 1.29 is 0 Å². The van der Waals surface area contributed by atoms with Gasteiger partial charge >= 0.3 is 0 Å². The highest BCUT2D eigenvalue weighted by Gasteiger charge is 2.18. The van der Waals surface area contributed by atoms with Gasteiger partial charge in [-0.25, -0.2) is 4.98 Å². The lowest BCUT2D eigenvalue weighted by molar-refractivity contribution is 1.13. The molecule has 0 aliphatic heterocycles. The number of pyridine rings is 1. The maximum absolute atomic E-state index is 6.35. The van der Waals surface area contributed by atoms with Gasteiger partial charge in [0.1, 0.15) is 5.15 Å². The zero-order valence-corrected chi connectivity index (χ0v) is 12.7. The highest BCUT2D eigenvalue weighted by molar-refractivity contribution is 7.48. The Morgan fingerprint density at radius 1 is 1.30 bits per heavy atom. The minimum Gasteiger partial charge on any atom is -0.382 e. The van der Waals surface area contributed by atoms with Gasteiger partial charge in [-0.15, -0.1) is 0 Å². The molecule has 0 amide bonds. The maximum atomic E-state index is 6.35. The van der Waals surface area contributed by atoms with E-state index in [4.69, 9.17) is 17.3 Å². The van der Waals surface area contributed by atoms with Crippen LogP contribution in [0.2, 0.25) is 5.15 Å². The molecule has 20 heavy (non-hydrogen) atoms. The van der Waals surface area contributed by atoms with Gasteiger partial charge in [0.25, 0.3) is 0 Å². The van der Waals surface area contributed by atoms with Crippen LogP contribution in [0, 0.1) is 0 Å². The van der Waals surface area contributed by atoms with E-state index < -0.39 is 0 Å². The van der Waals surface area contributed by atoms with E-state index in [0.29, 0.717) is 19.6 Å². The van der Waals surface area contributed by atoms with Crippen molar-refractivity contribution in [3.63, 3.8) is 0 Å². The zero-order valence-electron chi connectivity index (χ0n) is 10.9. The van der Waals surface area contributed by atoms with Crippen LogP contribution in [0.1, 0.15) is 6.92 Å². The maximum Gasteiger partial charge on any atom is 0.155 e. The quantitative estimate of drug-likeness (QED) is 0.577. The standard InChI is InChI=1S/C14H14ClN4P/c1-2-20-12-11-9(14(16)19-18-11)10(17-13(12)15)8-6-4-3-5-7-8/h3-7,20H,2H2,1H3,(H3,16,18,19). The van der Waals surface area contributed by atoms with E-state index in [1.165, 1.54) is 0 Å². The summed E-state index contributed by atoms with van der Waals surface area (Å²) in [6.45, 7) is 2.12. The third-order valence-corrected chi connectivity index (χ3v) is 4.72. The van der Waals surface area contributed by atoms with Crippen molar-refractivity contribution in [3.8, 4) is 11.3 Å². The smallest absolute Gasteiger partial charge is 0.155 e. The van der Waals surface area contributed by atoms with Crippen molar-refractivity contribution in [2.45, 2.75) is 6.92 Å². The van der Waals surface area contributed by atoms with Gasteiger partial charge in [-0.05, 0) is 6.16 Å². The highest BCUT2D eigenvalue weighted by Crippen LogP contribution is 2.33. The monoisotopic (exact) mass is 304 g/mol. The van der Waals surface area contributed by atoms with Gasteiger partial charge in [-0.3, -0.25) is 5.10 Å². The lowest BCUT2D eigenvalue weighted by atomic mass is 10.1. The number of aromatic nitrogens is 3. The second-order valence-corrected chi connectivity index (χ2v) is 6.30. The first-order valence-electron chi connectivity index (χ1n) is 6.34. The molecule has 0 bridgehead atoms. The predicted octanol–water partition coefficient (Wildman–Crippen LogP) is 3.18. The van der Waals surface area contributed by atoms with Gasteiger partial charge < -0.3 is 5.73 Å². The first-order valence-corrected chi connectivity index (χ1v) is 7.93.